The lowest BCUT2D eigenvalue weighted by Gasteiger charge is -2.28. The number of nitrogens with one attached hydrogen (secondary N) is 2. The van der Waals surface area contributed by atoms with Gasteiger partial charge in [-0.15, -0.1) is 11.3 Å². The van der Waals surface area contributed by atoms with Crippen molar-refractivity contribution in [3.05, 3.63) is 94.2 Å². The Bertz CT molecular complexity index is 916. The lowest BCUT2D eigenvalue weighted by atomic mass is 10.0. The number of para-hydroxylation sites is 1. The smallest absolute Gasteiger partial charge is 0.193 e. The topological polar surface area (TPSA) is 27.3 Å². The summed E-state index contributed by atoms with van der Waals surface area (Å²) in [4.78, 5) is 1.20. The summed E-state index contributed by atoms with van der Waals surface area (Å²) in [6, 6.07) is 22.8. The van der Waals surface area contributed by atoms with Crippen molar-refractivity contribution in [2.24, 2.45) is 0 Å². The van der Waals surface area contributed by atoms with Crippen LogP contribution in [0.1, 0.15) is 22.0 Å². The Morgan fingerprint density at radius 3 is 2.50 bits per heavy atom. The number of hydrogen-bond acceptors (Lipinski definition) is 3. The van der Waals surface area contributed by atoms with Gasteiger partial charge in [0.2, 0.25) is 0 Å². The predicted molar refractivity (Wildman–Crippen MR) is 114 cm³/mol. The molecule has 0 aliphatic carbocycles. The van der Waals surface area contributed by atoms with E-state index in [1.54, 1.807) is 11.3 Å². The molecule has 2 heterocycles. The number of rotatable bonds is 3. The highest BCUT2D eigenvalue weighted by molar-refractivity contribution is 7.80. The molecule has 130 valence electrons. The first-order chi connectivity index (χ1) is 12.7. The van der Waals surface area contributed by atoms with Crippen LogP contribution in [0.4, 0.5) is 5.69 Å². The molecule has 4 rings (SSSR count). The molecule has 0 fully saturated rings. The van der Waals surface area contributed by atoms with Crippen LogP contribution in [-0.4, -0.2) is 10.1 Å². The molecule has 26 heavy (non-hydrogen) atoms. The van der Waals surface area contributed by atoms with Crippen LogP contribution in [0.3, 0.4) is 0 Å². The maximum absolute atomic E-state index is 5.70. The molecule has 0 bridgehead atoms. The first-order valence-corrected chi connectivity index (χ1v) is 9.74. The number of benzene rings is 2. The summed E-state index contributed by atoms with van der Waals surface area (Å²) in [6.45, 7) is 2.10. The van der Waals surface area contributed by atoms with Crippen molar-refractivity contribution in [2.45, 2.75) is 13.0 Å². The molecule has 0 amide bonds. The van der Waals surface area contributed by atoms with Gasteiger partial charge in [0, 0.05) is 5.69 Å². The molecule has 5 heteroatoms. The minimum absolute atomic E-state index is 0.0383. The third kappa shape index (κ3) is 3.49. The van der Waals surface area contributed by atoms with Gasteiger partial charge in [0.05, 0.1) is 16.6 Å². The van der Waals surface area contributed by atoms with E-state index in [1.807, 2.05) is 35.3 Å². The summed E-state index contributed by atoms with van der Waals surface area (Å²) < 4.78 is 0. The molecular formula is C21H19N3S2. The fraction of sp³-hybridized carbons (Fsp3) is 0.0952. The quantitative estimate of drug-likeness (QED) is 0.601. The fourth-order valence-electron chi connectivity index (χ4n) is 2.93. The Hall–Kier alpha value is -2.63. The zero-order chi connectivity index (χ0) is 17.9. The third-order valence-electron chi connectivity index (χ3n) is 4.29. The van der Waals surface area contributed by atoms with E-state index < -0.39 is 0 Å². The first-order valence-electron chi connectivity index (χ1n) is 8.45. The number of hydrazine groups is 1. The largest absolute Gasteiger partial charge is 0.331 e. The number of aryl methyl sites for hydroxylation is 1. The van der Waals surface area contributed by atoms with Gasteiger partial charge >= 0.3 is 0 Å². The van der Waals surface area contributed by atoms with Crippen LogP contribution in [0.25, 0.3) is 5.70 Å². The molecule has 2 aromatic carbocycles. The molecule has 0 saturated heterocycles. The van der Waals surface area contributed by atoms with Gasteiger partial charge < -0.3 is 5.32 Å². The molecule has 1 atom stereocenters. The SMILES string of the molecule is Cc1ccc([C@H]2C=C(c3cccs3)NN2C(=S)Nc2ccccc2)cc1. The van der Waals surface area contributed by atoms with Crippen LogP contribution in [0.2, 0.25) is 0 Å². The van der Waals surface area contributed by atoms with E-state index in [1.165, 1.54) is 16.0 Å². The Balaban J connectivity index is 1.63. The Labute approximate surface area is 163 Å². The van der Waals surface area contributed by atoms with Gasteiger partial charge in [-0.05, 0) is 54.4 Å². The van der Waals surface area contributed by atoms with Crippen molar-refractivity contribution in [1.82, 2.24) is 10.4 Å². The zero-order valence-electron chi connectivity index (χ0n) is 14.3. The van der Waals surface area contributed by atoms with E-state index in [9.17, 15) is 0 Å². The zero-order valence-corrected chi connectivity index (χ0v) is 16.0. The summed E-state index contributed by atoms with van der Waals surface area (Å²) in [5.74, 6) is 0. The van der Waals surface area contributed by atoms with Crippen molar-refractivity contribution in [1.29, 1.82) is 0 Å². The standard InChI is InChI=1S/C21H19N3S2/c1-15-9-11-16(12-10-15)19-14-18(20-8-5-13-26-20)23-24(19)21(25)22-17-6-3-2-4-7-17/h2-14,19,23H,1H3,(H,22,25)/t19-/m1/s1. The second kappa shape index (κ2) is 7.32. The lowest BCUT2D eigenvalue weighted by molar-refractivity contribution is 0.348. The van der Waals surface area contributed by atoms with Crippen LogP contribution >= 0.6 is 23.6 Å². The molecule has 1 aromatic heterocycles. The molecule has 0 radical (unpaired) electrons. The van der Waals surface area contributed by atoms with E-state index >= 15 is 0 Å². The van der Waals surface area contributed by atoms with Gasteiger partial charge in [-0.1, -0.05) is 54.1 Å². The van der Waals surface area contributed by atoms with E-state index in [2.05, 4.69) is 65.5 Å². The van der Waals surface area contributed by atoms with Gasteiger partial charge in [0.15, 0.2) is 5.11 Å². The number of thiocarbonyl (C=S) groups is 1. The van der Waals surface area contributed by atoms with Crippen molar-refractivity contribution < 1.29 is 0 Å². The van der Waals surface area contributed by atoms with Crippen LogP contribution in [0, 0.1) is 6.92 Å². The number of hydrogen-bond donors (Lipinski definition) is 2. The molecule has 0 unspecified atom stereocenters. The number of nitrogens with zero attached hydrogens (tertiary/aromatic N) is 1. The molecule has 1 aliphatic rings. The summed E-state index contributed by atoms with van der Waals surface area (Å²) in [5.41, 5.74) is 7.99. The molecule has 0 saturated carbocycles. The maximum Gasteiger partial charge on any atom is 0.193 e. The van der Waals surface area contributed by atoms with Crippen molar-refractivity contribution in [2.75, 3.05) is 5.32 Å². The van der Waals surface area contributed by atoms with E-state index in [4.69, 9.17) is 12.2 Å². The Morgan fingerprint density at radius 2 is 1.81 bits per heavy atom. The summed E-state index contributed by atoms with van der Waals surface area (Å²) >= 11 is 7.42. The predicted octanol–water partition coefficient (Wildman–Crippen LogP) is 5.36. The van der Waals surface area contributed by atoms with E-state index in [-0.39, 0.29) is 6.04 Å². The normalized spacial score (nSPS) is 16.1. The maximum atomic E-state index is 5.70. The Kier molecular flexibility index (Phi) is 4.73. The summed E-state index contributed by atoms with van der Waals surface area (Å²) in [6.07, 6.45) is 2.23. The van der Waals surface area contributed by atoms with Crippen molar-refractivity contribution >= 4 is 40.1 Å². The van der Waals surface area contributed by atoms with Crippen LogP contribution in [0.15, 0.2) is 78.2 Å². The van der Waals surface area contributed by atoms with E-state index in [0.717, 1.165) is 11.4 Å². The fourth-order valence-corrected chi connectivity index (χ4v) is 3.91. The lowest BCUT2D eigenvalue weighted by Crippen LogP contribution is -2.42. The molecule has 3 nitrogen and oxygen atoms in total. The van der Waals surface area contributed by atoms with E-state index in [0.29, 0.717) is 5.11 Å². The van der Waals surface area contributed by atoms with Gasteiger partial charge in [0.1, 0.15) is 0 Å². The second-order valence-corrected chi connectivity index (χ2v) is 7.53. The minimum atomic E-state index is 0.0383. The summed E-state index contributed by atoms with van der Waals surface area (Å²) in [5, 5.41) is 8.07. The average Bonchev–Trinajstić information content (AvgIpc) is 3.33. The minimum Gasteiger partial charge on any atom is -0.331 e. The van der Waals surface area contributed by atoms with Gasteiger partial charge in [-0.2, -0.15) is 0 Å². The van der Waals surface area contributed by atoms with Crippen LogP contribution in [-0.2, 0) is 0 Å². The molecule has 3 aromatic rings. The summed E-state index contributed by atoms with van der Waals surface area (Å²) in [7, 11) is 0. The number of anilines is 1. The third-order valence-corrected chi connectivity index (χ3v) is 5.49. The highest BCUT2D eigenvalue weighted by Crippen LogP contribution is 2.33. The van der Waals surface area contributed by atoms with Gasteiger partial charge in [0.25, 0.3) is 0 Å². The van der Waals surface area contributed by atoms with Crippen molar-refractivity contribution in [3.8, 4) is 0 Å². The number of thiophene rings is 1. The first kappa shape index (κ1) is 16.8. The molecule has 1 aliphatic heterocycles. The van der Waals surface area contributed by atoms with Gasteiger partial charge in [-0.3, -0.25) is 10.4 Å². The second-order valence-electron chi connectivity index (χ2n) is 6.19. The van der Waals surface area contributed by atoms with Crippen molar-refractivity contribution in [3.63, 3.8) is 0 Å². The highest BCUT2D eigenvalue weighted by atomic mass is 32.1. The average molecular weight is 378 g/mol. The molecule has 2 N–H and O–H groups in total. The molecular weight excluding hydrogens is 358 g/mol. The highest BCUT2D eigenvalue weighted by Gasteiger charge is 2.29. The van der Waals surface area contributed by atoms with Crippen LogP contribution in [0.5, 0.6) is 0 Å². The Morgan fingerprint density at radius 1 is 1.04 bits per heavy atom. The molecule has 0 spiro atoms. The van der Waals surface area contributed by atoms with Crippen LogP contribution < -0.4 is 10.7 Å². The monoisotopic (exact) mass is 377 g/mol. The van der Waals surface area contributed by atoms with Gasteiger partial charge in [-0.25, -0.2) is 0 Å².